The number of ether oxygens (including phenoxy) is 2. The summed E-state index contributed by atoms with van der Waals surface area (Å²) in [4.78, 5) is 0. The molecule has 1 aromatic rings. The number of hydrogen-bond donors (Lipinski definition) is 0. The van der Waals surface area contributed by atoms with Crippen LogP contribution in [0, 0.1) is 5.82 Å². The smallest absolute Gasteiger partial charge is 0.123 e. The third-order valence-electron chi connectivity index (χ3n) is 3.98. The Hall–Kier alpha value is -0.260. The summed E-state index contributed by atoms with van der Waals surface area (Å²) in [5.41, 5.74) is 0.883. The van der Waals surface area contributed by atoms with Crippen molar-refractivity contribution in [3.8, 4) is 5.75 Å². The molecule has 2 fully saturated rings. The largest absolute Gasteiger partial charge is 0.490 e. The van der Waals surface area contributed by atoms with Gasteiger partial charge < -0.3 is 9.47 Å². The first-order valence-corrected chi connectivity index (χ1v) is 9.21. The Kier molecular flexibility index (Phi) is 4.58. The van der Waals surface area contributed by atoms with E-state index in [1.54, 1.807) is 6.07 Å². The molecule has 2 atom stereocenters. The lowest BCUT2D eigenvalue weighted by atomic mass is 9.91. The molecule has 1 aromatic carbocycles. The quantitative estimate of drug-likeness (QED) is 0.754. The predicted molar refractivity (Wildman–Crippen MR) is 83.3 cm³/mol. The Bertz CT molecular complexity index is 477. The number of halogens is 2. The van der Waals surface area contributed by atoms with Gasteiger partial charge in [-0.2, -0.15) is 11.8 Å². The minimum Gasteiger partial charge on any atom is -0.490 e. The molecule has 2 saturated heterocycles. The van der Waals surface area contributed by atoms with Crippen molar-refractivity contribution in [1.29, 1.82) is 0 Å². The molecule has 0 bridgehead atoms. The maximum absolute atomic E-state index is 13.3. The molecule has 0 N–H and O–H groups in total. The highest BCUT2D eigenvalue weighted by molar-refractivity contribution is 9.08. The first kappa shape index (κ1) is 14.7. The summed E-state index contributed by atoms with van der Waals surface area (Å²) < 4.78 is 25.4. The lowest BCUT2D eigenvalue weighted by Gasteiger charge is -2.37. The molecule has 0 aromatic heterocycles. The highest BCUT2D eigenvalue weighted by Gasteiger charge is 2.41. The van der Waals surface area contributed by atoms with E-state index in [0.717, 1.165) is 42.9 Å². The van der Waals surface area contributed by atoms with E-state index in [4.69, 9.17) is 9.47 Å². The van der Waals surface area contributed by atoms with E-state index >= 15 is 0 Å². The maximum atomic E-state index is 13.3. The Labute approximate surface area is 131 Å². The van der Waals surface area contributed by atoms with Crippen molar-refractivity contribution >= 4 is 27.7 Å². The number of benzene rings is 1. The summed E-state index contributed by atoms with van der Waals surface area (Å²) in [5, 5.41) is 0.601. The molecule has 0 amide bonds. The highest BCUT2D eigenvalue weighted by atomic mass is 79.9. The zero-order valence-corrected chi connectivity index (χ0v) is 13.6. The zero-order chi connectivity index (χ0) is 14.0. The van der Waals surface area contributed by atoms with Gasteiger partial charge in [-0.25, -0.2) is 4.39 Å². The van der Waals surface area contributed by atoms with Gasteiger partial charge in [-0.05, 0) is 30.4 Å². The molecule has 3 rings (SSSR count). The van der Waals surface area contributed by atoms with E-state index in [-0.39, 0.29) is 17.5 Å². The average molecular weight is 361 g/mol. The van der Waals surface area contributed by atoms with Gasteiger partial charge in [0.25, 0.3) is 0 Å². The molecule has 20 heavy (non-hydrogen) atoms. The van der Waals surface area contributed by atoms with Crippen LogP contribution in [0.4, 0.5) is 4.39 Å². The molecule has 2 aliphatic heterocycles. The van der Waals surface area contributed by atoms with Crippen LogP contribution in [0.2, 0.25) is 0 Å². The minimum atomic E-state index is -0.220. The van der Waals surface area contributed by atoms with E-state index in [9.17, 15) is 4.39 Å². The average Bonchev–Trinajstić information content (AvgIpc) is 2.89. The van der Waals surface area contributed by atoms with Crippen molar-refractivity contribution in [2.45, 2.75) is 36.3 Å². The lowest BCUT2D eigenvalue weighted by Crippen LogP contribution is -2.43. The molecule has 0 saturated carbocycles. The summed E-state index contributed by atoms with van der Waals surface area (Å²) in [6.07, 6.45) is 3.14. The normalized spacial score (nSPS) is 29.8. The minimum absolute atomic E-state index is 0.0161. The fourth-order valence-corrected chi connectivity index (χ4v) is 4.71. The summed E-state index contributed by atoms with van der Waals surface area (Å²) in [7, 11) is 0. The Morgan fingerprint density at radius 2 is 2.40 bits per heavy atom. The van der Waals surface area contributed by atoms with Gasteiger partial charge in [0, 0.05) is 29.5 Å². The molecule has 2 unspecified atom stereocenters. The zero-order valence-electron chi connectivity index (χ0n) is 11.2. The van der Waals surface area contributed by atoms with Gasteiger partial charge in [0.15, 0.2) is 0 Å². The third kappa shape index (κ3) is 3.15. The summed E-state index contributed by atoms with van der Waals surface area (Å²) in [6, 6.07) is 4.73. The molecule has 2 heterocycles. The van der Waals surface area contributed by atoms with Crippen molar-refractivity contribution in [2.75, 3.05) is 18.1 Å². The van der Waals surface area contributed by atoms with E-state index < -0.39 is 0 Å². The highest BCUT2D eigenvalue weighted by Crippen LogP contribution is 2.39. The van der Waals surface area contributed by atoms with Crippen LogP contribution >= 0.6 is 27.7 Å². The predicted octanol–water partition coefficient (Wildman–Crippen LogP) is 4.15. The molecule has 110 valence electrons. The number of thioether (sulfide) groups is 1. The van der Waals surface area contributed by atoms with Crippen LogP contribution in [0.1, 0.15) is 24.8 Å². The standard InChI is InChI=1S/C15H18BrFO2S/c16-9-11-7-12(17)1-2-14(11)19-13-3-5-18-15(8-13)4-6-20-10-15/h1-2,7,13H,3-6,8-10H2. The van der Waals surface area contributed by atoms with E-state index in [1.165, 1.54) is 17.9 Å². The van der Waals surface area contributed by atoms with Crippen LogP contribution in [0.15, 0.2) is 18.2 Å². The monoisotopic (exact) mass is 360 g/mol. The number of rotatable bonds is 3. The Balaban J connectivity index is 1.71. The SMILES string of the molecule is Fc1ccc(OC2CCOC3(CCSC3)C2)c(CBr)c1. The van der Waals surface area contributed by atoms with Crippen molar-refractivity contribution < 1.29 is 13.9 Å². The van der Waals surface area contributed by atoms with Crippen molar-refractivity contribution in [1.82, 2.24) is 0 Å². The lowest BCUT2D eigenvalue weighted by molar-refractivity contribution is -0.0960. The van der Waals surface area contributed by atoms with Crippen LogP contribution in [0.25, 0.3) is 0 Å². The topological polar surface area (TPSA) is 18.5 Å². The van der Waals surface area contributed by atoms with Crippen LogP contribution < -0.4 is 4.74 Å². The van der Waals surface area contributed by atoms with Gasteiger partial charge in [0.2, 0.25) is 0 Å². The molecule has 2 aliphatic rings. The fraction of sp³-hybridized carbons (Fsp3) is 0.600. The number of alkyl halides is 1. The molecular formula is C15H18BrFO2S. The third-order valence-corrected chi connectivity index (χ3v) is 5.80. The summed E-state index contributed by atoms with van der Waals surface area (Å²) in [6.45, 7) is 0.760. The van der Waals surface area contributed by atoms with E-state index in [0.29, 0.717) is 5.33 Å². The Morgan fingerprint density at radius 1 is 1.50 bits per heavy atom. The molecule has 1 spiro atoms. The van der Waals surface area contributed by atoms with Gasteiger partial charge in [-0.3, -0.25) is 0 Å². The van der Waals surface area contributed by atoms with Gasteiger partial charge >= 0.3 is 0 Å². The van der Waals surface area contributed by atoms with Crippen molar-refractivity contribution in [3.05, 3.63) is 29.6 Å². The molecule has 5 heteroatoms. The van der Waals surface area contributed by atoms with Gasteiger partial charge in [0.05, 0.1) is 12.2 Å². The second kappa shape index (κ2) is 6.24. The van der Waals surface area contributed by atoms with Crippen molar-refractivity contribution in [3.63, 3.8) is 0 Å². The molecule has 0 radical (unpaired) electrons. The second-order valence-electron chi connectivity index (χ2n) is 5.45. The summed E-state index contributed by atoms with van der Waals surface area (Å²) in [5.74, 6) is 2.82. The van der Waals surface area contributed by atoms with Gasteiger partial charge in [-0.15, -0.1) is 0 Å². The molecule has 2 nitrogen and oxygen atoms in total. The van der Waals surface area contributed by atoms with Crippen LogP contribution in [0.3, 0.4) is 0 Å². The van der Waals surface area contributed by atoms with E-state index in [1.807, 2.05) is 11.8 Å². The Morgan fingerprint density at radius 3 is 3.15 bits per heavy atom. The first-order chi connectivity index (χ1) is 9.71. The van der Waals surface area contributed by atoms with Crippen LogP contribution in [-0.4, -0.2) is 29.8 Å². The summed E-state index contributed by atoms with van der Waals surface area (Å²) >= 11 is 5.35. The second-order valence-corrected chi connectivity index (χ2v) is 7.12. The van der Waals surface area contributed by atoms with E-state index in [2.05, 4.69) is 15.9 Å². The van der Waals surface area contributed by atoms with Gasteiger partial charge in [0.1, 0.15) is 17.7 Å². The molecular weight excluding hydrogens is 343 g/mol. The maximum Gasteiger partial charge on any atom is 0.123 e. The van der Waals surface area contributed by atoms with Gasteiger partial charge in [-0.1, -0.05) is 15.9 Å². The fourth-order valence-electron chi connectivity index (χ4n) is 2.89. The van der Waals surface area contributed by atoms with Crippen LogP contribution in [-0.2, 0) is 10.1 Å². The van der Waals surface area contributed by atoms with Crippen LogP contribution in [0.5, 0.6) is 5.75 Å². The number of hydrogen-bond acceptors (Lipinski definition) is 3. The molecule has 0 aliphatic carbocycles. The first-order valence-electron chi connectivity index (χ1n) is 6.93. The van der Waals surface area contributed by atoms with Crippen molar-refractivity contribution in [2.24, 2.45) is 0 Å².